The van der Waals surface area contributed by atoms with E-state index in [1.54, 1.807) is 30.3 Å². The van der Waals surface area contributed by atoms with Crippen LogP contribution in [0.15, 0.2) is 59.0 Å². The zero-order valence-electron chi connectivity index (χ0n) is 10.9. The molecule has 0 saturated carbocycles. The third-order valence-electron chi connectivity index (χ3n) is 2.83. The minimum atomic E-state index is -0.364. The summed E-state index contributed by atoms with van der Waals surface area (Å²) < 4.78 is 10.8. The number of hydrogen-bond acceptors (Lipinski definition) is 4. The van der Waals surface area contributed by atoms with Crippen molar-refractivity contribution >= 4 is 17.7 Å². The highest BCUT2D eigenvalue weighted by Gasteiger charge is 2.18. The normalized spacial score (nSPS) is 12.8. The van der Waals surface area contributed by atoms with Gasteiger partial charge in [-0.2, -0.15) is 0 Å². The van der Waals surface area contributed by atoms with Gasteiger partial charge in [0.1, 0.15) is 11.5 Å². The number of carbonyl (C=O) groups is 1. The molecule has 0 aromatic heterocycles. The van der Waals surface area contributed by atoms with Gasteiger partial charge in [-0.1, -0.05) is 17.7 Å². The topological polar surface area (TPSA) is 35.5 Å². The molecule has 0 spiro atoms. The summed E-state index contributed by atoms with van der Waals surface area (Å²) in [5.41, 5.74) is 1.56. The molecule has 0 radical (unpaired) electrons. The second-order valence-corrected chi connectivity index (χ2v) is 5.54. The van der Waals surface area contributed by atoms with Crippen LogP contribution in [0, 0.1) is 6.92 Å². The van der Waals surface area contributed by atoms with Crippen molar-refractivity contribution in [3.63, 3.8) is 0 Å². The van der Waals surface area contributed by atoms with Gasteiger partial charge in [-0.15, -0.1) is 0 Å². The molecular weight excluding hydrogens is 272 g/mol. The number of thioether (sulfide) groups is 1. The molecule has 0 amide bonds. The average Bonchev–Trinajstić information content (AvgIpc) is 2.78. The molecule has 0 aliphatic carbocycles. The molecule has 0 fully saturated rings. The van der Waals surface area contributed by atoms with Gasteiger partial charge in [-0.05, 0) is 55.6 Å². The van der Waals surface area contributed by atoms with E-state index < -0.39 is 0 Å². The van der Waals surface area contributed by atoms with Crippen molar-refractivity contribution < 1.29 is 14.3 Å². The smallest absolute Gasteiger partial charge is 0.343 e. The number of carbonyl (C=O) groups excluding carboxylic acids is 1. The number of rotatable bonds is 2. The second kappa shape index (κ2) is 5.06. The Hall–Kier alpha value is -2.20. The number of hydrogen-bond donors (Lipinski definition) is 0. The van der Waals surface area contributed by atoms with Crippen LogP contribution in [-0.4, -0.2) is 5.97 Å². The Kier molecular flexibility index (Phi) is 3.24. The van der Waals surface area contributed by atoms with Gasteiger partial charge >= 0.3 is 5.97 Å². The molecule has 3 rings (SSSR count). The fraction of sp³-hybridized carbons (Fsp3) is 0.0625. The maximum absolute atomic E-state index is 12.1. The van der Waals surface area contributed by atoms with E-state index in [4.69, 9.17) is 9.47 Å². The van der Waals surface area contributed by atoms with Gasteiger partial charge in [0.05, 0.1) is 10.5 Å². The molecule has 0 atom stereocenters. The van der Waals surface area contributed by atoms with E-state index >= 15 is 0 Å². The van der Waals surface area contributed by atoms with Crippen LogP contribution >= 0.6 is 11.8 Å². The lowest BCUT2D eigenvalue weighted by Crippen LogP contribution is -2.08. The maximum atomic E-state index is 12.1. The molecule has 20 heavy (non-hydrogen) atoms. The van der Waals surface area contributed by atoms with Crippen molar-refractivity contribution in [3.8, 4) is 11.5 Å². The standard InChI is InChI=1S/C16H12O3S/c1-10-4-3-5-12(8-10)16(17)19-13-6-7-14-15(9-13)20-11(2)18-14/h3-9H,2H2,1H3. The quantitative estimate of drug-likeness (QED) is 0.612. The van der Waals surface area contributed by atoms with Crippen LogP contribution < -0.4 is 9.47 Å². The molecular formula is C16H12O3S. The summed E-state index contributed by atoms with van der Waals surface area (Å²) in [7, 11) is 0. The van der Waals surface area contributed by atoms with Gasteiger partial charge in [0.25, 0.3) is 0 Å². The fourth-order valence-corrected chi connectivity index (χ4v) is 2.68. The Morgan fingerprint density at radius 1 is 1.25 bits per heavy atom. The highest BCUT2D eigenvalue weighted by Crippen LogP contribution is 2.43. The van der Waals surface area contributed by atoms with Crippen molar-refractivity contribution in [3.05, 3.63) is 65.3 Å². The minimum Gasteiger partial charge on any atom is -0.450 e. The Bertz CT molecular complexity index is 707. The van der Waals surface area contributed by atoms with Gasteiger partial charge in [0.15, 0.2) is 5.09 Å². The third kappa shape index (κ3) is 2.56. The van der Waals surface area contributed by atoms with Crippen LogP contribution in [0.5, 0.6) is 11.5 Å². The Balaban J connectivity index is 1.80. The summed E-state index contributed by atoms with van der Waals surface area (Å²) in [6.45, 7) is 5.69. The predicted molar refractivity (Wildman–Crippen MR) is 78.2 cm³/mol. The number of esters is 1. The maximum Gasteiger partial charge on any atom is 0.343 e. The first kappa shape index (κ1) is 12.8. The van der Waals surface area contributed by atoms with Crippen LogP contribution in [0.3, 0.4) is 0 Å². The first-order chi connectivity index (χ1) is 9.61. The van der Waals surface area contributed by atoms with E-state index in [9.17, 15) is 4.79 Å². The predicted octanol–water partition coefficient (Wildman–Crippen LogP) is 4.17. The molecule has 2 aromatic carbocycles. The van der Waals surface area contributed by atoms with Gasteiger partial charge in [-0.3, -0.25) is 0 Å². The summed E-state index contributed by atoms with van der Waals surface area (Å²) in [5.74, 6) is 0.882. The van der Waals surface area contributed by atoms with Crippen LogP contribution in [-0.2, 0) is 0 Å². The largest absolute Gasteiger partial charge is 0.450 e. The average molecular weight is 284 g/mol. The van der Waals surface area contributed by atoms with Crippen LogP contribution in [0.25, 0.3) is 0 Å². The SMILES string of the molecule is C=C1Oc2ccc(OC(=O)c3cccc(C)c3)cc2S1. The van der Waals surface area contributed by atoms with Crippen LogP contribution in [0.4, 0.5) is 0 Å². The number of aryl methyl sites for hydroxylation is 1. The first-order valence-corrected chi connectivity index (χ1v) is 6.91. The molecule has 0 N–H and O–H groups in total. The van der Waals surface area contributed by atoms with E-state index in [1.165, 1.54) is 11.8 Å². The van der Waals surface area contributed by atoms with Crippen molar-refractivity contribution in [2.45, 2.75) is 11.8 Å². The van der Waals surface area contributed by atoms with Crippen LogP contribution in [0.2, 0.25) is 0 Å². The Morgan fingerprint density at radius 3 is 2.90 bits per heavy atom. The lowest BCUT2D eigenvalue weighted by molar-refractivity contribution is 0.0734. The molecule has 1 aliphatic heterocycles. The van der Waals surface area contributed by atoms with Crippen LogP contribution in [0.1, 0.15) is 15.9 Å². The fourth-order valence-electron chi connectivity index (χ4n) is 1.92. The summed E-state index contributed by atoms with van der Waals surface area (Å²) in [4.78, 5) is 13.0. The van der Waals surface area contributed by atoms with Crippen molar-refractivity contribution in [2.75, 3.05) is 0 Å². The van der Waals surface area contributed by atoms with Crippen molar-refractivity contribution in [2.24, 2.45) is 0 Å². The molecule has 2 aromatic rings. The zero-order chi connectivity index (χ0) is 14.1. The molecule has 0 saturated heterocycles. The Labute approximate surface area is 121 Å². The van der Waals surface area contributed by atoms with Gasteiger partial charge in [-0.25, -0.2) is 4.79 Å². The molecule has 3 nitrogen and oxygen atoms in total. The Morgan fingerprint density at radius 2 is 2.10 bits per heavy atom. The first-order valence-electron chi connectivity index (χ1n) is 6.09. The summed E-state index contributed by atoms with van der Waals surface area (Å²) in [6, 6.07) is 12.6. The van der Waals surface area contributed by atoms with Gasteiger partial charge < -0.3 is 9.47 Å². The van der Waals surface area contributed by atoms with E-state index in [1.807, 2.05) is 19.1 Å². The third-order valence-corrected chi connectivity index (χ3v) is 3.68. The molecule has 0 bridgehead atoms. The van der Waals surface area contributed by atoms with E-state index in [0.29, 0.717) is 16.4 Å². The van der Waals surface area contributed by atoms with Gasteiger partial charge in [0, 0.05) is 0 Å². The number of ether oxygens (including phenoxy) is 2. The zero-order valence-corrected chi connectivity index (χ0v) is 11.7. The summed E-state index contributed by atoms with van der Waals surface area (Å²) in [5, 5.41) is 0.627. The summed E-state index contributed by atoms with van der Waals surface area (Å²) >= 11 is 1.42. The van der Waals surface area contributed by atoms with Gasteiger partial charge in [0.2, 0.25) is 0 Å². The highest BCUT2D eigenvalue weighted by molar-refractivity contribution is 8.03. The van der Waals surface area contributed by atoms with Crippen molar-refractivity contribution in [1.82, 2.24) is 0 Å². The molecule has 100 valence electrons. The second-order valence-electron chi connectivity index (χ2n) is 4.44. The molecule has 1 aliphatic rings. The summed E-state index contributed by atoms with van der Waals surface area (Å²) in [6.07, 6.45) is 0. The number of benzene rings is 2. The monoisotopic (exact) mass is 284 g/mol. The molecule has 4 heteroatoms. The molecule has 1 heterocycles. The van der Waals surface area contributed by atoms with E-state index in [-0.39, 0.29) is 5.97 Å². The highest BCUT2D eigenvalue weighted by atomic mass is 32.2. The number of fused-ring (bicyclic) bond motifs is 1. The molecule has 0 unspecified atom stereocenters. The van der Waals surface area contributed by atoms with E-state index in [0.717, 1.165) is 16.2 Å². The lowest BCUT2D eigenvalue weighted by Gasteiger charge is -2.06. The minimum absolute atomic E-state index is 0.364. The lowest BCUT2D eigenvalue weighted by atomic mass is 10.1. The van der Waals surface area contributed by atoms with E-state index in [2.05, 4.69) is 6.58 Å². The van der Waals surface area contributed by atoms with Crippen molar-refractivity contribution in [1.29, 1.82) is 0 Å².